The highest BCUT2D eigenvalue weighted by atomic mass is 35.5. The summed E-state index contributed by atoms with van der Waals surface area (Å²) in [6.45, 7) is 0.687. The zero-order valence-electron chi connectivity index (χ0n) is 18.3. The Kier molecular flexibility index (Phi) is 4.76. The number of fused-ring (bicyclic) bond motifs is 2. The zero-order valence-corrected chi connectivity index (χ0v) is 19.0. The second-order valence-corrected chi connectivity index (χ2v) is 9.27. The average Bonchev–Trinajstić information content (AvgIpc) is 3.52. The van der Waals surface area contributed by atoms with Gasteiger partial charge in [0.05, 0.1) is 44.8 Å². The van der Waals surface area contributed by atoms with Crippen LogP contribution in [0.2, 0.25) is 5.02 Å². The van der Waals surface area contributed by atoms with Crippen LogP contribution in [0.25, 0.3) is 27.5 Å². The molecular formula is C24H22ClN7O2. The monoisotopic (exact) mass is 475 g/mol. The van der Waals surface area contributed by atoms with Crippen LogP contribution in [0.15, 0.2) is 24.5 Å². The summed E-state index contributed by atoms with van der Waals surface area (Å²) in [5, 5.41) is 16.3. The van der Waals surface area contributed by atoms with Gasteiger partial charge in [-0.15, -0.1) is 0 Å². The summed E-state index contributed by atoms with van der Waals surface area (Å²) in [5.41, 5.74) is 15.3. The summed E-state index contributed by atoms with van der Waals surface area (Å²) in [7, 11) is 0. The Morgan fingerprint density at radius 1 is 1.21 bits per heavy atom. The average molecular weight is 476 g/mol. The topological polar surface area (TPSA) is 138 Å². The number of carbonyl (C=O) groups is 1. The third-order valence-electron chi connectivity index (χ3n) is 6.75. The minimum Gasteiger partial charge on any atom is -0.384 e. The number of amides is 1. The number of pyridine rings is 1. The quantitative estimate of drug-likeness (QED) is 0.454. The lowest BCUT2D eigenvalue weighted by Gasteiger charge is -2.23. The molecule has 9 nitrogen and oxygen atoms in total. The fourth-order valence-electron chi connectivity index (χ4n) is 5.02. The predicted octanol–water partition coefficient (Wildman–Crippen LogP) is 4.16. The number of hydrogen-bond acceptors (Lipinski definition) is 6. The van der Waals surface area contributed by atoms with Crippen molar-refractivity contribution in [2.45, 2.75) is 44.2 Å². The van der Waals surface area contributed by atoms with Gasteiger partial charge in [0.1, 0.15) is 11.9 Å². The van der Waals surface area contributed by atoms with E-state index in [4.69, 9.17) is 27.8 Å². The van der Waals surface area contributed by atoms with Crippen LogP contribution in [0.4, 0.5) is 5.82 Å². The van der Waals surface area contributed by atoms with E-state index in [-0.39, 0.29) is 23.5 Å². The molecule has 1 aliphatic heterocycles. The number of benzene rings is 1. The smallest absolute Gasteiger partial charge is 0.253 e. The third kappa shape index (κ3) is 2.99. The molecule has 3 aromatic heterocycles. The minimum atomic E-state index is -0.694. The van der Waals surface area contributed by atoms with Crippen molar-refractivity contribution in [1.82, 2.24) is 19.3 Å². The van der Waals surface area contributed by atoms with Crippen LogP contribution in [0.1, 0.15) is 65.9 Å². The Morgan fingerprint density at radius 3 is 2.71 bits per heavy atom. The number of nitriles is 1. The predicted molar refractivity (Wildman–Crippen MR) is 128 cm³/mol. The van der Waals surface area contributed by atoms with Gasteiger partial charge in [-0.3, -0.25) is 14.3 Å². The first-order chi connectivity index (χ1) is 16.5. The largest absolute Gasteiger partial charge is 0.384 e. The van der Waals surface area contributed by atoms with E-state index in [1.54, 1.807) is 23.0 Å². The first-order valence-electron chi connectivity index (χ1n) is 11.3. The third-order valence-corrected chi connectivity index (χ3v) is 7.05. The van der Waals surface area contributed by atoms with E-state index in [0.29, 0.717) is 39.5 Å². The lowest BCUT2D eigenvalue weighted by atomic mass is 10.1. The molecule has 4 aromatic rings. The van der Waals surface area contributed by atoms with E-state index in [1.807, 2.05) is 10.7 Å². The van der Waals surface area contributed by atoms with Gasteiger partial charge in [0.15, 0.2) is 6.23 Å². The van der Waals surface area contributed by atoms with Crippen LogP contribution in [0.5, 0.6) is 0 Å². The molecule has 4 N–H and O–H groups in total. The molecule has 1 unspecified atom stereocenters. The number of rotatable bonds is 4. The molecule has 6 rings (SSSR count). The lowest BCUT2D eigenvalue weighted by Crippen LogP contribution is -2.19. The van der Waals surface area contributed by atoms with Gasteiger partial charge in [0.2, 0.25) is 0 Å². The van der Waals surface area contributed by atoms with E-state index >= 15 is 0 Å². The fourth-order valence-corrected chi connectivity index (χ4v) is 5.27. The van der Waals surface area contributed by atoms with Gasteiger partial charge in [-0.2, -0.15) is 10.4 Å². The minimum absolute atomic E-state index is 0.116. The normalized spacial score (nSPS) is 18.4. The Balaban J connectivity index is 1.69. The Bertz CT molecular complexity index is 1520. The first-order valence-corrected chi connectivity index (χ1v) is 11.7. The highest BCUT2D eigenvalue weighted by Gasteiger charge is 2.33. The maximum atomic E-state index is 12.4. The van der Waals surface area contributed by atoms with Gasteiger partial charge in [-0.1, -0.05) is 11.6 Å². The molecule has 0 radical (unpaired) electrons. The van der Waals surface area contributed by atoms with Crippen molar-refractivity contribution in [2.24, 2.45) is 5.73 Å². The molecule has 172 valence electrons. The molecule has 1 atom stereocenters. The van der Waals surface area contributed by atoms with Gasteiger partial charge in [-0.05, 0) is 44.2 Å². The van der Waals surface area contributed by atoms with Crippen molar-refractivity contribution < 1.29 is 9.53 Å². The highest BCUT2D eigenvalue weighted by molar-refractivity contribution is 6.34. The molecule has 2 aliphatic rings. The van der Waals surface area contributed by atoms with Gasteiger partial charge >= 0.3 is 0 Å². The molecule has 1 saturated carbocycles. The molecule has 0 bridgehead atoms. The van der Waals surface area contributed by atoms with Crippen molar-refractivity contribution in [3.05, 3.63) is 46.4 Å². The van der Waals surface area contributed by atoms with E-state index < -0.39 is 5.91 Å². The number of primary amides is 1. The highest BCUT2D eigenvalue weighted by Crippen LogP contribution is 2.45. The van der Waals surface area contributed by atoms with E-state index in [9.17, 15) is 10.1 Å². The van der Waals surface area contributed by atoms with Crippen LogP contribution >= 0.6 is 11.6 Å². The van der Waals surface area contributed by atoms with E-state index in [1.165, 1.54) is 0 Å². The van der Waals surface area contributed by atoms with E-state index in [2.05, 4.69) is 16.2 Å². The number of anilines is 1. The van der Waals surface area contributed by atoms with Gasteiger partial charge in [-0.25, -0.2) is 4.68 Å². The number of halogens is 1. The molecule has 2 fully saturated rings. The van der Waals surface area contributed by atoms with Crippen molar-refractivity contribution in [2.75, 3.05) is 12.3 Å². The number of hydrogen-bond donors (Lipinski definition) is 2. The van der Waals surface area contributed by atoms with Crippen LogP contribution < -0.4 is 11.5 Å². The fraction of sp³-hybridized carbons (Fsp3) is 0.333. The van der Waals surface area contributed by atoms with Crippen LogP contribution in [-0.2, 0) is 4.74 Å². The number of aromatic nitrogens is 4. The molecule has 4 heterocycles. The summed E-state index contributed by atoms with van der Waals surface area (Å²) >= 11 is 6.74. The molecule has 1 saturated heterocycles. The summed E-state index contributed by atoms with van der Waals surface area (Å²) in [5.74, 6) is -0.358. The molecule has 34 heavy (non-hydrogen) atoms. The number of carbonyl (C=O) groups excluding carboxylic acids is 1. The number of ether oxygens (including phenoxy) is 1. The van der Waals surface area contributed by atoms with Gasteiger partial charge in [0, 0.05) is 29.5 Å². The Morgan fingerprint density at radius 2 is 2.03 bits per heavy atom. The van der Waals surface area contributed by atoms with Crippen molar-refractivity contribution in [1.29, 1.82) is 5.26 Å². The van der Waals surface area contributed by atoms with Crippen LogP contribution in [-0.4, -0.2) is 31.8 Å². The number of nitrogen functional groups attached to an aromatic ring is 1. The summed E-state index contributed by atoms with van der Waals surface area (Å²) in [4.78, 5) is 16.9. The molecular weight excluding hydrogens is 454 g/mol. The Labute approximate surface area is 199 Å². The molecule has 10 heteroatoms. The van der Waals surface area contributed by atoms with Crippen molar-refractivity contribution in [3.8, 4) is 11.8 Å². The molecule has 1 aliphatic carbocycles. The molecule has 0 spiro atoms. The maximum absolute atomic E-state index is 12.4. The van der Waals surface area contributed by atoms with Gasteiger partial charge in [0.25, 0.3) is 5.91 Å². The molecule has 1 amide bonds. The second kappa shape index (κ2) is 7.72. The summed E-state index contributed by atoms with van der Waals surface area (Å²) < 4.78 is 9.47. The summed E-state index contributed by atoms with van der Waals surface area (Å²) in [6.07, 6.45) is 8.04. The van der Waals surface area contributed by atoms with Crippen molar-refractivity contribution in [3.63, 3.8) is 0 Å². The standard InChI is InChI=1S/C24H22ClN7O2/c25-16-6-7-17-14(11-30-32(17)18-3-1-2-8-34-18)22(16)31-21-13(9-26)20(12-4-5-12)29-10-15(21)19(23(31)27)24(28)33/h6-7,10-12,18H,1-5,8,27H2,(H2,28,33). The number of nitrogens with two attached hydrogens (primary N) is 2. The summed E-state index contributed by atoms with van der Waals surface area (Å²) in [6, 6.07) is 5.96. The number of nitrogens with zero attached hydrogens (tertiary/aromatic N) is 5. The maximum Gasteiger partial charge on any atom is 0.253 e. The molecule has 1 aromatic carbocycles. The van der Waals surface area contributed by atoms with Gasteiger partial charge < -0.3 is 16.2 Å². The van der Waals surface area contributed by atoms with Crippen LogP contribution in [0.3, 0.4) is 0 Å². The first kappa shape index (κ1) is 21.0. The SMILES string of the molecule is N#Cc1c(C2CC2)ncc2c(C(N)=O)c(N)n(-c3c(Cl)ccc4c3cnn4C3CCCCO3)c12. The zero-order chi connectivity index (χ0) is 23.6. The van der Waals surface area contributed by atoms with Crippen LogP contribution in [0, 0.1) is 11.3 Å². The van der Waals surface area contributed by atoms with Crippen molar-refractivity contribution >= 4 is 45.1 Å². The lowest BCUT2D eigenvalue weighted by molar-refractivity contribution is -0.0366. The Hall–Kier alpha value is -3.61. The second-order valence-electron chi connectivity index (χ2n) is 8.87. The van der Waals surface area contributed by atoms with E-state index in [0.717, 1.165) is 43.0 Å².